The summed E-state index contributed by atoms with van der Waals surface area (Å²) in [6.45, 7) is -0.0650. The van der Waals surface area contributed by atoms with Crippen molar-refractivity contribution in [1.29, 1.82) is 0 Å². The van der Waals surface area contributed by atoms with Gasteiger partial charge < -0.3 is 4.57 Å². The van der Waals surface area contributed by atoms with Crippen LogP contribution in [0.4, 0.5) is 0 Å². The summed E-state index contributed by atoms with van der Waals surface area (Å²) in [4.78, 5) is 30.7. The van der Waals surface area contributed by atoms with E-state index in [1.807, 2.05) is 72.3 Å². The fraction of sp³-hybridized carbons (Fsp3) is 0.0800. The van der Waals surface area contributed by atoms with Crippen LogP contribution in [0.3, 0.4) is 0 Å². The third-order valence-corrected chi connectivity index (χ3v) is 5.48. The van der Waals surface area contributed by atoms with Crippen LogP contribution in [-0.4, -0.2) is 19.9 Å². The van der Waals surface area contributed by atoms with Crippen molar-refractivity contribution in [3.63, 3.8) is 0 Å². The molecule has 0 aliphatic carbocycles. The minimum absolute atomic E-state index is 0.0650. The molecule has 0 bridgehead atoms. The van der Waals surface area contributed by atoms with E-state index in [2.05, 4.69) is 4.98 Å². The lowest BCUT2D eigenvalue weighted by molar-refractivity contribution is 0.0972. The minimum Gasteiger partial charge on any atom is -0.343 e. The fourth-order valence-electron chi connectivity index (χ4n) is 4.06. The number of hydrogen-bond acceptors (Lipinski definition) is 3. The molecule has 0 radical (unpaired) electrons. The Bertz CT molecular complexity index is 1460. The molecule has 5 aromatic rings. The molecule has 0 fully saturated rings. The molecule has 0 aliphatic heterocycles. The number of aromatic nitrogens is 3. The van der Waals surface area contributed by atoms with Crippen LogP contribution in [0.15, 0.2) is 90.0 Å². The van der Waals surface area contributed by atoms with E-state index in [-0.39, 0.29) is 17.9 Å². The third kappa shape index (κ3) is 2.83. The zero-order valence-electron chi connectivity index (χ0n) is 16.4. The second-order valence-electron chi connectivity index (χ2n) is 7.28. The maximum atomic E-state index is 13.5. The highest BCUT2D eigenvalue weighted by atomic mass is 16.1. The number of carbonyl (C=O) groups is 1. The zero-order valence-corrected chi connectivity index (χ0v) is 16.4. The summed E-state index contributed by atoms with van der Waals surface area (Å²) in [5.74, 6) is -0.121. The lowest BCUT2D eigenvalue weighted by Gasteiger charge is -2.09. The molecule has 3 aromatic carbocycles. The summed E-state index contributed by atoms with van der Waals surface area (Å²) in [5.41, 5.74) is 3.83. The second-order valence-corrected chi connectivity index (χ2v) is 7.28. The number of Topliss-reactive ketones (excluding diaryl/α,β-unsaturated/α-hetero) is 1. The van der Waals surface area contributed by atoms with Gasteiger partial charge in [0.15, 0.2) is 5.78 Å². The maximum absolute atomic E-state index is 13.5. The minimum atomic E-state index is -0.213. The van der Waals surface area contributed by atoms with Gasteiger partial charge in [-0.15, -0.1) is 0 Å². The number of aryl methyl sites for hydroxylation is 1. The Morgan fingerprint density at radius 2 is 1.53 bits per heavy atom. The fourth-order valence-corrected chi connectivity index (χ4v) is 4.06. The molecule has 0 saturated heterocycles. The molecule has 0 N–H and O–H groups in total. The molecule has 2 heterocycles. The number of ketones is 1. The van der Waals surface area contributed by atoms with E-state index in [0.717, 1.165) is 22.2 Å². The van der Waals surface area contributed by atoms with Gasteiger partial charge in [0.2, 0.25) is 0 Å². The summed E-state index contributed by atoms with van der Waals surface area (Å²) in [7, 11) is 1.96. The first-order valence-corrected chi connectivity index (χ1v) is 9.75. The van der Waals surface area contributed by atoms with E-state index in [0.29, 0.717) is 16.5 Å². The zero-order chi connectivity index (χ0) is 20.7. The highest BCUT2D eigenvalue weighted by molar-refractivity contribution is 6.13. The normalized spacial score (nSPS) is 11.2. The summed E-state index contributed by atoms with van der Waals surface area (Å²) in [5, 5.41) is 1.39. The van der Waals surface area contributed by atoms with Crippen LogP contribution in [0.25, 0.3) is 33.1 Å². The first-order chi connectivity index (χ1) is 14.6. The molecule has 0 spiro atoms. The van der Waals surface area contributed by atoms with Crippen LogP contribution in [-0.2, 0) is 13.6 Å². The Morgan fingerprint density at radius 1 is 0.867 bits per heavy atom. The van der Waals surface area contributed by atoms with Crippen molar-refractivity contribution in [2.45, 2.75) is 6.54 Å². The standard InChI is InChI=1S/C25H19N3O2/c1-27-21-14-8-6-12-19(21)23(24(27)17-9-3-2-4-10-17)22(29)15-28-16-26-20-13-7-5-11-18(20)25(28)30/h2-14,16H,15H2,1H3. The smallest absolute Gasteiger partial charge is 0.261 e. The van der Waals surface area contributed by atoms with E-state index < -0.39 is 0 Å². The van der Waals surface area contributed by atoms with Crippen molar-refractivity contribution in [1.82, 2.24) is 14.1 Å². The van der Waals surface area contributed by atoms with Crippen LogP contribution in [0.5, 0.6) is 0 Å². The van der Waals surface area contributed by atoms with E-state index in [4.69, 9.17) is 0 Å². The Balaban J connectivity index is 1.67. The Labute approximate surface area is 172 Å². The van der Waals surface area contributed by atoms with Gasteiger partial charge >= 0.3 is 0 Å². The Morgan fingerprint density at radius 3 is 2.33 bits per heavy atom. The predicted octanol–water partition coefficient (Wildman–Crippen LogP) is 4.44. The molecule has 5 heteroatoms. The van der Waals surface area contributed by atoms with Crippen LogP contribution in [0.1, 0.15) is 10.4 Å². The summed E-state index contributed by atoms with van der Waals surface area (Å²) >= 11 is 0. The average molecular weight is 393 g/mol. The molecule has 0 aliphatic rings. The van der Waals surface area contributed by atoms with Gasteiger partial charge in [-0.1, -0.05) is 60.7 Å². The van der Waals surface area contributed by atoms with E-state index in [1.54, 1.807) is 18.2 Å². The Kier molecular flexibility index (Phi) is 4.29. The number of carbonyl (C=O) groups excluding carboxylic acids is 1. The highest BCUT2D eigenvalue weighted by Gasteiger charge is 2.22. The van der Waals surface area contributed by atoms with Gasteiger partial charge in [0.1, 0.15) is 0 Å². The number of nitrogens with zero attached hydrogens (tertiary/aromatic N) is 3. The maximum Gasteiger partial charge on any atom is 0.261 e. The van der Waals surface area contributed by atoms with Gasteiger partial charge in [0, 0.05) is 18.0 Å². The quantitative estimate of drug-likeness (QED) is 0.424. The molecule has 146 valence electrons. The molecule has 5 nitrogen and oxygen atoms in total. The predicted molar refractivity (Wildman–Crippen MR) is 119 cm³/mol. The monoisotopic (exact) mass is 393 g/mol. The number of para-hydroxylation sites is 2. The largest absolute Gasteiger partial charge is 0.343 e. The molecule has 5 rings (SSSR count). The molecule has 2 aromatic heterocycles. The molecule has 30 heavy (non-hydrogen) atoms. The van der Waals surface area contributed by atoms with Gasteiger partial charge in [-0.3, -0.25) is 14.2 Å². The van der Waals surface area contributed by atoms with Gasteiger partial charge in [-0.25, -0.2) is 4.98 Å². The lowest BCUT2D eigenvalue weighted by Crippen LogP contribution is -2.25. The molecule has 0 unspecified atom stereocenters. The summed E-state index contributed by atoms with van der Waals surface area (Å²) < 4.78 is 3.43. The summed E-state index contributed by atoms with van der Waals surface area (Å²) in [6.07, 6.45) is 1.45. The van der Waals surface area contributed by atoms with Crippen LogP contribution >= 0.6 is 0 Å². The van der Waals surface area contributed by atoms with E-state index in [1.165, 1.54) is 10.9 Å². The highest BCUT2D eigenvalue weighted by Crippen LogP contribution is 2.33. The summed E-state index contributed by atoms with van der Waals surface area (Å²) in [6, 6.07) is 24.9. The molecule has 0 atom stereocenters. The van der Waals surface area contributed by atoms with E-state index >= 15 is 0 Å². The lowest BCUT2D eigenvalue weighted by atomic mass is 10.0. The van der Waals surface area contributed by atoms with Gasteiger partial charge in [0.05, 0.1) is 35.0 Å². The third-order valence-electron chi connectivity index (χ3n) is 5.48. The molecule has 0 saturated carbocycles. The Hall–Kier alpha value is -3.99. The van der Waals surface area contributed by atoms with Gasteiger partial charge in [-0.2, -0.15) is 0 Å². The number of rotatable bonds is 4. The first kappa shape index (κ1) is 18.1. The number of hydrogen-bond donors (Lipinski definition) is 0. The molecular weight excluding hydrogens is 374 g/mol. The molecular formula is C25H19N3O2. The average Bonchev–Trinajstić information content (AvgIpc) is 3.09. The van der Waals surface area contributed by atoms with Crippen LogP contribution < -0.4 is 5.56 Å². The van der Waals surface area contributed by atoms with Crippen LogP contribution in [0, 0.1) is 0 Å². The van der Waals surface area contributed by atoms with Gasteiger partial charge in [0.25, 0.3) is 5.56 Å². The van der Waals surface area contributed by atoms with Crippen molar-refractivity contribution in [2.24, 2.45) is 7.05 Å². The van der Waals surface area contributed by atoms with Crippen molar-refractivity contribution >= 4 is 27.6 Å². The first-order valence-electron chi connectivity index (χ1n) is 9.75. The SMILES string of the molecule is Cn1c(-c2ccccc2)c(C(=O)Cn2cnc3ccccc3c2=O)c2ccccc21. The number of fused-ring (bicyclic) bond motifs is 2. The van der Waals surface area contributed by atoms with Crippen molar-refractivity contribution in [3.05, 3.63) is 101 Å². The van der Waals surface area contributed by atoms with Gasteiger partial charge in [-0.05, 0) is 23.8 Å². The van der Waals surface area contributed by atoms with Crippen LogP contribution in [0.2, 0.25) is 0 Å². The van der Waals surface area contributed by atoms with Crippen molar-refractivity contribution in [3.8, 4) is 11.3 Å². The second kappa shape index (κ2) is 7.12. The topological polar surface area (TPSA) is 56.9 Å². The van der Waals surface area contributed by atoms with Crippen molar-refractivity contribution < 1.29 is 4.79 Å². The number of benzene rings is 3. The van der Waals surface area contributed by atoms with E-state index in [9.17, 15) is 9.59 Å². The van der Waals surface area contributed by atoms with Crippen molar-refractivity contribution in [2.75, 3.05) is 0 Å². The molecule has 0 amide bonds.